The van der Waals surface area contributed by atoms with Crippen molar-refractivity contribution in [3.05, 3.63) is 35.9 Å². The van der Waals surface area contributed by atoms with Crippen molar-refractivity contribution < 1.29 is 9.47 Å². The summed E-state index contributed by atoms with van der Waals surface area (Å²) in [4.78, 5) is 4.54. The first-order valence-corrected chi connectivity index (χ1v) is 8.94. The lowest BCUT2D eigenvalue weighted by Crippen LogP contribution is -2.39. The van der Waals surface area contributed by atoms with Gasteiger partial charge in [-0.3, -0.25) is 4.99 Å². The van der Waals surface area contributed by atoms with Crippen LogP contribution in [0.4, 0.5) is 0 Å². The van der Waals surface area contributed by atoms with E-state index in [9.17, 15) is 0 Å². The number of guanidine groups is 1. The molecule has 0 heterocycles. The number of hydrogen-bond acceptors (Lipinski definition) is 3. The highest BCUT2D eigenvalue weighted by atomic mass is 127. The van der Waals surface area contributed by atoms with Crippen molar-refractivity contribution >= 4 is 29.9 Å². The Balaban J connectivity index is 0.00000576. The summed E-state index contributed by atoms with van der Waals surface area (Å²) in [5.74, 6) is 1.42. The minimum atomic E-state index is 0. The Morgan fingerprint density at radius 1 is 1.08 bits per heavy atom. The van der Waals surface area contributed by atoms with Crippen LogP contribution in [0.15, 0.2) is 35.3 Å². The van der Waals surface area contributed by atoms with Gasteiger partial charge < -0.3 is 20.1 Å². The third kappa shape index (κ3) is 14.0. The van der Waals surface area contributed by atoms with Gasteiger partial charge in [0.15, 0.2) is 5.96 Å². The van der Waals surface area contributed by atoms with Gasteiger partial charge in [-0.1, -0.05) is 44.2 Å². The smallest absolute Gasteiger partial charge is 0.191 e. The van der Waals surface area contributed by atoms with Gasteiger partial charge in [-0.05, 0) is 24.8 Å². The molecule has 0 amide bonds. The van der Waals surface area contributed by atoms with Crippen LogP contribution in [-0.4, -0.2) is 45.4 Å². The largest absolute Gasteiger partial charge is 0.381 e. The number of nitrogens with zero attached hydrogens (tertiary/aromatic N) is 1. The van der Waals surface area contributed by atoms with Crippen LogP contribution in [0.3, 0.4) is 0 Å². The van der Waals surface area contributed by atoms with Crippen molar-refractivity contribution in [1.82, 2.24) is 10.6 Å². The molecule has 6 heteroatoms. The molecule has 0 saturated heterocycles. The lowest BCUT2D eigenvalue weighted by atomic mass is 10.2. The maximum Gasteiger partial charge on any atom is 0.191 e. The normalized spacial score (nSPS) is 11.3. The Hall–Kier alpha value is -0.860. The molecule has 1 aromatic rings. The van der Waals surface area contributed by atoms with Gasteiger partial charge in [-0.15, -0.1) is 24.0 Å². The van der Waals surface area contributed by atoms with Crippen molar-refractivity contribution in [3.63, 3.8) is 0 Å². The molecule has 0 aliphatic heterocycles. The van der Waals surface area contributed by atoms with Crippen LogP contribution in [0.2, 0.25) is 0 Å². The Morgan fingerprint density at radius 2 is 1.84 bits per heavy atom. The summed E-state index contributed by atoms with van der Waals surface area (Å²) in [6.45, 7) is 11.6. The Morgan fingerprint density at radius 3 is 2.52 bits per heavy atom. The molecule has 2 N–H and O–H groups in total. The van der Waals surface area contributed by atoms with Crippen molar-refractivity contribution in [2.75, 3.05) is 39.5 Å². The van der Waals surface area contributed by atoms with Gasteiger partial charge in [0.1, 0.15) is 0 Å². The third-order valence-corrected chi connectivity index (χ3v) is 3.16. The van der Waals surface area contributed by atoms with E-state index in [0.717, 1.165) is 45.2 Å². The number of rotatable bonds is 12. The van der Waals surface area contributed by atoms with E-state index in [2.05, 4.69) is 48.5 Å². The molecule has 0 atom stereocenters. The van der Waals surface area contributed by atoms with Crippen LogP contribution in [0.5, 0.6) is 0 Å². The molecule has 0 saturated carbocycles. The first kappa shape index (κ1) is 24.1. The van der Waals surface area contributed by atoms with E-state index in [1.165, 1.54) is 5.56 Å². The van der Waals surface area contributed by atoms with E-state index in [4.69, 9.17) is 9.47 Å². The molecular formula is C19H34IN3O2. The van der Waals surface area contributed by atoms with Gasteiger partial charge >= 0.3 is 0 Å². The number of halogens is 1. The van der Waals surface area contributed by atoms with Crippen molar-refractivity contribution in [1.29, 1.82) is 0 Å². The molecule has 0 aliphatic carbocycles. The fourth-order valence-corrected chi connectivity index (χ4v) is 2.02. The van der Waals surface area contributed by atoms with Crippen LogP contribution in [0.1, 0.15) is 32.8 Å². The minimum absolute atomic E-state index is 0. The summed E-state index contributed by atoms with van der Waals surface area (Å²) in [5, 5.41) is 6.53. The molecule has 0 bridgehead atoms. The molecule has 144 valence electrons. The highest BCUT2D eigenvalue weighted by Gasteiger charge is 1.98. The number of ether oxygens (including phenoxy) is 2. The Kier molecular flexibility index (Phi) is 16.0. The highest BCUT2D eigenvalue weighted by Crippen LogP contribution is 1.99. The molecule has 5 nitrogen and oxygen atoms in total. The summed E-state index contributed by atoms with van der Waals surface area (Å²) in [5.41, 5.74) is 1.19. The van der Waals surface area contributed by atoms with Crippen molar-refractivity contribution in [3.8, 4) is 0 Å². The molecule has 1 aromatic carbocycles. The van der Waals surface area contributed by atoms with Crippen molar-refractivity contribution in [2.24, 2.45) is 10.9 Å². The molecule has 0 spiro atoms. The fourth-order valence-electron chi connectivity index (χ4n) is 2.02. The van der Waals surface area contributed by atoms with E-state index in [0.29, 0.717) is 19.1 Å². The number of hydrogen-bond donors (Lipinski definition) is 2. The second kappa shape index (κ2) is 16.6. The summed E-state index contributed by atoms with van der Waals surface area (Å²) in [6, 6.07) is 10.2. The average Bonchev–Trinajstić information content (AvgIpc) is 2.58. The zero-order valence-corrected chi connectivity index (χ0v) is 18.1. The molecule has 0 fully saturated rings. The van der Waals surface area contributed by atoms with Crippen LogP contribution < -0.4 is 10.6 Å². The van der Waals surface area contributed by atoms with Crippen LogP contribution in [-0.2, 0) is 16.1 Å². The second-order valence-electron chi connectivity index (χ2n) is 6.05. The quantitative estimate of drug-likeness (QED) is 0.216. The van der Waals surface area contributed by atoms with Gasteiger partial charge in [0.05, 0.1) is 13.2 Å². The van der Waals surface area contributed by atoms with Gasteiger partial charge in [0.25, 0.3) is 0 Å². The van der Waals surface area contributed by atoms with Crippen LogP contribution in [0, 0.1) is 5.92 Å². The predicted molar refractivity (Wildman–Crippen MR) is 116 cm³/mol. The molecule has 0 unspecified atom stereocenters. The van der Waals surface area contributed by atoms with Crippen LogP contribution in [0.25, 0.3) is 0 Å². The predicted octanol–water partition coefficient (Wildman–Crippen LogP) is 3.44. The summed E-state index contributed by atoms with van der Waals surface area (Å²) in [7, 11) is 0. The number of aliphatic imine (C=N–C) groups is 1. The second-order valence-corrected chi connectivity index (χ2v) is 6.05. The molecule has 0 aromatic heterocycles. The topological polar surface area (TPSA) is 54.9 Å². The van der Waals surface area contributed by atoms with Gasteiger partial charge in [-0.2, -0.15) is 0 Å². The van der Waals surface area contributed by atoms with Gasteiger partial charge in [0, 0.05) is 32.8 Å². The van der Waals surface area contributed by atoms with Crippen molar-refractivity contribution in [2.45, 2.75) is 33.8 Å². The zero-order valence-electron chi connectivity index (χ0n) is 15.8. The number of benzene rings is 1. The standard InChI is InChI=1S/C19H33N3O2.HI/c1-4-20-19(21-11-8-13-23-15-17(2)3)22-12-14-24-16-18-9-6-5-7-10-18;/h5-7,9-10,17H,4,8,11-16H2,1-3H3,(H2,20,21,22);1H. The monoisotopic (exact) mass is 463 g/mol. The molecular weight excluding hydrogens is 429 g/mol. The Bertz CT molecular complexity index is 442. The van der Waals surface area contributed by atoms with Gasteiger partial charge in [-0.25, -0.2) is 0 Å². The first-order valence-electron chi connectivity index (χ1n) is 8.94. The van der Waals surface area contributed by atoms with E-state index in [1.807, 2.05) is 18.2 Å². The lowest BCUT2D eigenvalue weighted by molar-refractivity contribution is 0.109. The molecule has 0 radical (unpaired) electrons. The maximum absolute atomic E-state index is 5.66. The fraction of sp³-hybridized carbons (Fsp3) is 0.632. The third-order valence-electron chi connectivity index (χ3n) is 3.16. The summed E-state index contributed by atoms with van der Waals surface area (Å²) < 4.78 is 11.2. The molecule has 25 heavy (non-hydrogen) atoms. The first-order chi connectivity index (χ1) is 11.7. The summed E-state index contributed by atoms with van der Waals surface area (Å²) >= 11 is 0. The van der Waals surface area contributed by atoms with E-state index in [-0.39, 0.29) is 24.0 Å². The highest BCUT2D eigenvalue weighted by molar-refractivity contribution is 14.0. The van der Waals surface area contributed by atoms with E-state index < -0.39 is 0 Å². The zero-order chi connectivity index (χ0) is 17.5. The summed E-state index contributed by atoms with van der Waals surface area (Å²) in [6.07, 6.45) is 0.938. The molecule has 1 rings (SSSR count). The average molecular weight is 463 g/mol. The number of nitrogens with one attached hydrogen (secondary N) is 2. The minimum Gasteiger partial charge on any atom is -0.381 e. The lowest BCUT2D eigenvalue weighted by Gasteiger charge is -2.12. The van der Waals surface area contributed by atoms with E-state index in [1.54, 1.807) is 0 Å². The maximum atomic E-state index is 5.66. The SMILES string of the molecule is CCNC(=NCCCOCC(C)C)NCCOCc1ccccc1.I. The van der Waals surface area contributed by atoms with Gasteiger partial charge in [0.2, 0.25) is 0 Å². The Labute approximate surface area is 170 Å². The molecule has 0 aliphatic rings. The van der Waals surface area contributed by atoms with Crippen LogP contribution >= 0.6 is 24.0 Å². The van der Waals surface area contributed by atoms with E-state index >= 15 is 0 Å².